The summed E-state index contributed by atoms with van der Waals surface area (Å²) in [6.45, 7) is 2.97. The van der Waals surface area contributed by atoms with E-state index in [1.54, 1.807) is 6.20 Å². The van der Waals surface area contributed by atoms with Crippen molar-refractivity contribution in [3.05, 3.63) is 29.0 Å². The van der Waals surface area contributed by atoms with E-state index in [2.05, 4.69) is 11.9 Å². The molecule has 0 atom stereocenters. The van der Waals surface area contributed by atoms with Crippen LogP contribution in [-0.2, 0) is 11.3 Å². The van der Waals surface area contributed by atoms with Gasteiger partial charge in [0.05, 0.1) is 12.7 Å². The fourth-order valence-corrected chi connectivity index (χ4v) is 2.34. The quantitative estimate of drug-likeness (QED) is 0.748. The smallest absolute Gasteiger partial charge is 0.129 e. The van der Waals surface area contributed by atoms with Gasteiger partial charge in [-0.2, -0.15) is 0 Å². The zero-order valence-electron chi connectivity index (χ0n) is 9.66. The Morgan fingerprint density at radius 1 is 1.38 bits per heavy atom. The molecule has 1 aromatic rings. The monoisotopic (exact) mass is 239 g/mol. The average Bonchev–Trinajstić information content (AvgIpc) is 2.28. The van der Waals surface area contributed by atoms with Crippen molar-refractivity contribution in [1.29, 1.82) is 0 Å². The van der Waals surface area contributed by atoms with Crippen LogP contribution in [0.1, 0.15) is 38.2 Å². The maximum atomic E-state index is 5.89. The summed E-state index contributed by atoms with van der Waals surface area (Å²) in [6, 6.07) is 3.82. The van der Waals surface area contributed by atoms with Gasteiger partial charge in [0.2, 0.25) is 0 Å². The maximum Gasteiger partial charge on any atom is 0.129 e. The summed E-state index contributed by atoms with van der Waals surface area (Å²) in [5.74, 6) is 0.871. The predicted octanol–water partition coefficient (Wildman–Crippen LogP) is 3.83. The molecule has 0 aliphatic heterocycles. The van der Waals surface area contributed by atoms with Gasteiger partial charge in [0.15, 0.2) is 0 Å². The standard InChI is InChI=1S/C13H18ClNO/c1-10-2-4-12(5-3-10)16-9-11-6-7-15-13(14)8-11/h6-8,10,12H,2-5,9H2,1H3. The molecule has 1 saturated carbocycles. The van der Waals surface area contributed by atoms with Crippen molar-refractivity contribution in [2.45, 2.75) is 45.3 Å². The maximum absolute atomic E-state index is 5.89. The number of hydrogen-bond acceptors (Lipinski definition) is 2. The zero-order chi connectivity index (χ0) is 11.4. The second-order valence-corrected chi connectivity index (χ2v) is 5.07. The van der Waals surface area contributed by atoms with Crippen LogP contribution in [0.4, 0.5) is 0 Å². The van der Waals surface area contributed by atoms with Crippen LogP contribution in [0.2, 0.25) is 5.15 Å². The van der Waals surface area contributed by atoms with Crippen LogP contribution in [0.5, 0.6) is 0 Å². The summed E-state index contributed by atoms with van der Waals surface area (Å²) in [5.41, 5.74) is 1.11. The topological polar surface area (TPSA) is 22.1 Å². The molecule has 0 aromatic carbocycles. The largest absolute Gasteiger partial charge is 0.374 e. The minimum atomic E-state index is 0.433. The van der Waals surface area contributed by atoms with Crippen LogP contribution in [0.25, 0.3) is 0 Å². The van der Waals surface area contributed by atoms with Gasteiger partial charge in [-0.15, -0.1) is 0 Å². The molecule has 1 heterocycles. The first-order valence-electron chi connectivity index (χ1n) is 5.96. The third-order valence-electron chi connectivity index (χ3n) is 3.24. The third-order valence-corrected chi connectivity index (χ3v) is 3.45. The van der Waals surface area contributed by atoms with Crippen molar-refractivity contribution in [3.8, 4) is 0 Å². The van der Waals surface area contributed by atoms with Crippen molar-refractivity contribution in [2.24, 2.45) is 5.92 Å². The van der Waals surface area contributed by atoms with Crippen molar-refractivity contribution in [3.63, 3.8) is 0 Å². The number of ether oxygens (including phenoxy) is 1. The lowest BCUT2D eigenvalue weighted by Gasteiger charge is -2.26. The molecule has 3 heteroatoms. The lowest BCUT2D eigenvalue weighted by atomic mass is 9.89. The highest BCUT2D eigenvalue weighted by Gasteiger charge is 2.18. The Morgan fingerprint density at radius 2 is 2.12 bits per heavy atom. The number of rotatable bonds is 3. The van der Waals surface area contributed by atoms with E-state index < -0.39 is 0 Å². The van der Waals surface area contributed by atoms with Crippen molar-refractivity contribution >= 4 is 11.6 Å². The van der Waals surface area contributed by atoms with Gasteiger partial charge in [-0.05, 0) is 49.3 Å². The molecular weight excluding hydrogens is 222 g/mol. The van der Waals surface area contributed by atoms with Gasteiger partial charge in [0.25, 0.3) is 0 Å². The number of aromatic nitrogens is 1. The number of pyridine rings is 1. The van der Waals surface area contributed by atoms with Gasteiger partial charge in [0, 0.05) is 6.20 Å². The normalized spacial score (nSPS) is 25.6. The lowest BCUT2D eigenvalue weighted by molar-refractivity contribution is 0.00875. The molecule has 1 aliphatic carbocycles. The molecule has 0 amide bonds. The van der Waals surface area contributed by atoms with E-state index in [0.717, 1.165) is 11.5 Å². The molecule has 1 aliphatic rings. The Labute approximate surface area is 102 Å². The molecule has 0 N–H and O–H groups in total. The Bertz CT molecular complexity index is 334. The molecular formula is C13H18ClNO. The molecule has 1 aromatic heterocycles. The Hall–Kier alpha value is -0.600. The molecule has 2 nitrogen and oxygen atoms in total. The highest BCUT2D eigenvalue weighted by molar-refractivity contribution is 6.29. The summed E-state index contributed by atoms with van der Waals surface area (Å²) >= 11 is 5.82. The number of nitrogens with zero attached hydrogens (tertiary/aromatic N) is 1. The second kappa shape index (κ2) is 5.65. The van der Waals surface area contributed by atoms with Gasteiger partial charge < -0.3 is 4.74 Å². The van der Waals surface area contributed by atoms with Crippen molar-refractivity contribution in [2.75, 3.05) is 0 Å². The Morgan fingerprint density at radius 3 is 2.81 bits per heavy atom. The van der Waals surface area contributed by atoms with Gasteiger partial charge in [-0.3, -0.25) is 0 Å². The Balaban J connectivity index is 1.79. The lowest BCUT2D eigenvalue weighted by Crippen LogP contribution is -2.20. The van der Waals surface area contributed by atoms with Gasteiger partial charge in [-0.1, -0.05) is 18.5 Å². The van der Waals surface area contributed by atoms with Crippen molar-refractivity contribution < 1.29 is 4.74 Å². The summed E-state index contributed by atoms with van der Waals surface area (Å²) in [5, 5.41) is 0.540. The summed E-state index contributed by atoms with van der Waals surface area (Å²) in [4.78, 5) is 3.95. The van der Waals surface area contributed by atoms with Crippen LogP contribution in [0.3, 0.4) is 0 Å². The molecule has 16 heavy (non-hydrogen) atoms. The van der Waals surface area contributed by atoms with E-state index in [4.69, 9.17) is 16.3 Å². The second-order valence-electron chi connectivity index (χ2n) is 4.68. The van der Waals surface area contributed by atoms with E-state index >= 15 is 0 Å². The summed E-state index contributed by atoms with van der Waals surface area (Å²) in [6.07, 6.45) is 7.14. The molecule has 0 spiro atoms. The van der Waals surface area contributed by atoms with Crippen LogP contribution in [0.15, 0.2) is 18.3 Å². The van der Waals surface area contributed by atoms with Gasteiger partial charge >= 0.3 is 0 Å². The molecule has 0 bridgehead atoms. The molecule has 1 fully saturated rings. The first-order chi connectivity index (χ1) is 7.74. The van der Waals surface area contributed by atoms with Crippen LogP contribution < -0.4 is 0 Å². The predicted molar refractivity (Wildman–Crippen MR) is 65.5 cm³/mol. The SMILES string of the molecule is CC1CCC(OCc2ccnc(Cl)c2)CC1. The highest BCUT2D eigenvalue weighted by Crippen LogP contribution is 2.26. The minimum Gasteiger partial charge on any atom is -0.374 e. The van der Waals surface area contributed by atoms with E-state index in [0.29, 0.717) is 17.9 Å². The average molecular weight is 240 g/mol. The zero-order valence-corrected chi connectivity index (χ0v) is 10.4. The van der Waals surface area contributed by atoms with Gasteiger partial charge in [-0.25, -0.2) is 4.98 Å². The van der Waals surface area contributed by atoms with Crippen LogP contribution in [-0.4, -0.2) is 11.1 Å². The summed E-state index contributed by atoms with van der Waals surface area (Å²) in [7, 11) is 0. The van der Waals surface area contributed by atoms with Crippen LogP contribution in [0, 0.1) is 5.92 Å². The first-order valence-corrected chi connectivity index (χ1v) is 6.34. The third kappa shape index (κ3) is 3.46. The number of halogens is 1. The van der Waals surface area contributed by atoms with Crippen LogP contribution >= 0.6 is 11.6 Å². The molecule has 0 unspecified atom stereocenters. The molecule has 88 valence electrons. The van der Waals surface area contributed by atoms with E-state index in [-0.39, 0.29) is 0 Å². The van der Waals surface area contributed by atoms with E-state index in [1.807, 2.05) is 12.1 Å². The number of hydrogen-bond donors (Lipinski definition) is 0. The first kappa shape index (κ1) is 11.9. The fourth-order valence-electron chi connectivity index (χ4n) is 2.14. The van der Waals surface area contributed by atoms with E-state index in [9.17, 15) is 0 Å². The molecule has 0 saturated heterocycles. The van der Waals surface area contributed by atoms with Crippen molar-refractivity contribution in [1.82, 2.24) is 4.98 Å². The molecule has 0 radical (unpaired) electrons. The minimum absolute atomic E-state index is 0.433. The van der Waals surface area contributed by atoms with Gasteiger partial charge in [0.1, 0.15) is 5.15 Å². The summed E-state index contributed by atoms with van der Waals surface area (Å²) < 4.78 is 5.89. The van der Waals surface area contributed by atoms with E-state index in [1.165, 1.54) is 25.7 Å². The Kier molecular flexibility index (Phi) is 4.19. The fraction of sp³-hybridized carbons (Fsp3) is 0.615. The molecule has 2 rings (SSSR count). The highest BCUT2D eigenvalue weighted by atomic mass is 35.5.